The zero-order chi connectivity index (χ0) is 30.2. The summed E-state index contributed by atoms with van der Waals surface area (Å²) >= 11 is 1.23. The molecule has 2 aromatic heterocycles. The molecule has 4 rings (SSSR count). The number of carbonyl (C=O) groups excluding carboxylic acids is 2. The van der Waals surface area contributed by atoms with Crippen LogP contribution in [0.25, 0.3) is 5.69 Å². The van der Waals surface area contributed by atoms with Gasteiger partial charge in [-0.15, -0.1) is 16.4 Å². The molecule has 3 heterocycles. The number of hydrogen-bond donors (Lipinski definition) is 3. The highest BCUT2D eigenvalue weighted by atomic mass is 32.1. The van der Waals surface area contributed by atoms with Gasteiger partial charge in [-0.25, -0.2) is 14.5 Å². The van der Waals surface area contributed by atoms with Crippen molar-refractivity contribution in [3.63, 3.8) is 0 Å². The number of carbonyl (C=O) groups is 3. The number of carboxylic acid groups (broad SMARTS) is 1. The van der Waals surface area contributed by atoms with E-state index in [4.69, 9.17) is 4.74 Å². The smallest absolute Gasteiger partial charge is 0.416 e. The summed E-state index contributed by atoms with van der Waals surface area (Å²) in [7, 11) is 0. The Morgan fingerprint density at radius 1 is 1.12 bits per heavy atom. The summed E-state index contributed by atoms with van der Waals surface area (Å²) in [4.78, 5) is 41.2. The number of benzene rings is 1. The maximum atomic E-state index is 13.2. The molecule has 3 aromatic rings. The van der Waals surface area contributed by atoms with Gasteiger partial charge >= 0.3 is 18.3 Å². The van der Waals surface area contributed by atoms with Crippen LogP contribution >= 0.6 is 11.3 Å². The Bertz CT molecular complexity index is 1410. The van der Waals surface area contributed by atoms with E-state index in [9.17, 15) is 45.8 Å². The Morgan fingerprint density at radius 2 is 1.78 bits per heavy atom. The normalized spacial score (nSPS) is 19.4. The van der Waals surface area contributed by atoms with E-state index < -0.39 is 64.7 Å². The van der Waals surface area contributed by atoms with Crippen LogP contribution in [0.1, 0.15) is 35.9 Å². The van der Waals surface area contributed by atoms with E-state index in [0.29, 0.717) is 22.5 Å². The second kappa shape index (κ2) is 11.1. The molecule has 11 nitrogen and oxygen atoms in total. The number of nitrogens with zero attached hydrogens (tertiary/aromatic N) is 4. The van der Waals surface area contributed by atoms with Crippen molar-refractivity contribution >= 4 is 29.1 Å². The highest BCUT2D eigenvalue weighted by Gasteiger charge is 2.65. The molecular formula is C23H20F6N6O5S. The summed E-state index contributed by atoms with van der Waals surface area (Å²) in [6.45, 7) is 1.17. The van der Waals surface area contributed by atoms with Crippen LogP contribution in [0, 0.1) is 0 Å². The van der Waals surface area contributed by atoms with Crippen molar-refractivity contribution in [2.45, 2.75) is 56.4 Å². The fourth-order valence-corrected chi connectivity index (χ4v) is 4.48. The Balaban J connectivity index is 1.48. The summed E-state index contributed by atoms with van der Waals surface area (Å²) in [6.07, 6.45) is -10.5. The van der Waals surface area contributed by atoms with Crippen LogP contribution in [0.15, 0.2) is 35.3 Å². The monoisotopic (exact) mass is 606 g/mol. The van der Waals surface area contributed by atoms with Gasteiger partial charge in [0.05, 0.1) is 40.8 Å². The summed E-state index contributed by atoms with van der Waals surface area (Å²) in [5.74, 6) is -2.91. The summed E-state index contributed by atoms with van der Waals surface area (Å²) in [6, 6.07) is -0.311. The minimum Gasteiger partial charge on any atom is -0.479 e. The van der Waals surface area contributed by atoms with Crippen molar-refractivity contribution in [1.82, 2.24) is 30.6 Å². The first-order chi connectivity index (χ1) is 19.1. The highest BCUT2D eigenvalue weighted by molar-refractivity contribution is 7.07. The molecule has 3 N–H and O–H groups in total. The Kier molecular flexibility index (Phi) is 8.08. The second-order valence-electron chi connectivity index (χ2n) is 8.93. The molecule has 1 aromatic carbocycles. The molecule has 1 fully saturated rings. The Hall–Kier alpha value is -4.06. The molecule has 2 unspecified atom stereocenters. The van der Waals surface area contributed by atoms with Crippen molar-refractivity contribution in [2.24, 2.45) is 0 Å². The maximum Gasteiger partial charge on any atom is 0.416 e. The standard InChI is InChI=1S/C23H20F6N6O5S/c1-2-21(20(38)39)17(40-21)19(37)32-16(6-13-9-41-10-31-13)18(36)30-7-14-8-35(34-33-14)15-4-11(22(24,25)26)3-12(5-15)23(27,28)29/h3-5,8-10,16-17H,2,6-7H2,1H3,(H,30,36)(H,32,37)(H,38,39)/t16-,17?,21?/m0/s1. The quantitative estimate of drug-likeness (QED) is 0.236. The van der Waals surface area contributed by atoms with E-state index in [-0.39, 0.29) is 31.1 Å². The minimum absolute atomic E-state index is 0.00930. The number of carboxylic acids is 1. The van der Waals surface area contributed by atoms with Crippen molar-refractivity contribution in [1.29, 1.82) is 0 Å². The van der Waals surface area contributed by atoms with E-state index >= 15 is 0 Å². The number of epoxide rings is 1. The Morgan fingerprint density at radius 3 is 2.29 bits per heavy atom. The first kappa shape index (κ1) is 29.9. The summed E-state index contributed by atoms with van der Waals surface area (Å²) < 4.78 is 85.0. The van der Waals surface area contributed by atoms with Gasteiger partial charge in [-0.3, -0.25) is 9.59 Å². The molecule has 0 saturated carbocycles. The molecule has 1 aliphatic rings. The number of ether oxygens (including phenoxy) is 1. The number of rotatable bonds is 10. The lowest BCUT2D eigenvalue weighted by atomic mass is 10.0. The molecule has 0 bridgehead atoms. The molecule has 3 atom stereocenters. The second-order valence-corrected chi connectivity index (χ2v) is 9.65. The lowest BCUT2D eigenvalue weighted by molar-refractivity contribution is -0.144. The first-order valence-corrected chi connectivity index (χ1v) is 12.7. The fourth-order valence-electron chi connectivity index (χ4n) is 3.91. The molecule has 220 valence electrons. The number of halogens is 6. The van der Waals surface area contributed by atoms with E-state index in [1.807, 2.05) is 0 Å². The van der Waals surface area contributed by atoms with Crippen LogP contribution in [0.2, 0.25) is 0 Å². The molecule has 0 aliphatic carbocycles. The highest BCUT2D eigenvalue weighted by Crippen LogP contribution is 2.40. The number of hydrogen-bond acceptors (Lipinski definition) is 8. The van der Waals surface area contributed by atoms with Crippen LogP contribution < -0.4 is 10.6 Å². The molecule has 41 heavy (non-hydrogen) atoms. The molecule has 18 heteroatoms. The largest absolute Gasteiger partial charge is 0.479 e. The third-order valence-electron chi connectivity index (χ3n) is 6.17. The van der Waals surface area contributed by atoms with Crippen LogP contribution in [0.4, 0.5) is 26.3 Å². The van der Waals surface area contributed by atoms with Gasteiger partial charge in [-0.05, 0) is 24.6 Å². The average Bonchev–Trinajstić information content (AvgIpc) is 3.19. The fraction of sp³-hybridized carbons (Fsp3) is 0.391. The van der Waals surface area contributed by atoms with Gasteiger partial charge < -0.3 is 20.5 Å². The van der Waals surface area contributed by atoms with Gasteiger partial charge in [-0.1, -0.05) is 12.1 Å². The topological polar surface area (TPSA) is 152 Å². The number of alkyl halides is 6. The van der Waals surface area contributed by atoms with Crippen molar-refractivity contribution in [3.8, 4) is 5.69 Å². The van der Waals surface area contributed by atoms with Gasteiger partial charge in [-0.2, -0.15) is 26.3 Å². The molecule has 1 saturated heterocycles. The zero-order valence-corrected chi connectivity index (χ0v) is 21.6. The maximum absolute atomic E-state index is 13.2. The van der Waals surface area contributed by atoms with Gasteiger partial charge in [0.2, 0.25) is 11.5 Å². The zero-order valence-electron chi connectivity index (χ0n) is 20.8. The predicted octanol–water partition coefficient (Wildman–Crippen LogP) is 2.74. The number of aliphatic carboxylic acids is 1. The molecule has 1 aliphatic heterocycles. The Labute approximate surface area is 230 Å². The van der Waals surface area contributed by atoms with Crippen LogP contribution in [-0.4, -0.2) is 60.6 Å². The minimum atomic E-state index is -5.06. The lowest BCUT2D eigenvalue weighted by Crippen LogP contribution is -2.50. The van der Waals surface area contributed by atoms with E-state index in [2.05, 4.69) is 25.9 Å². The van der Waals surface area contributed by atoms with Crippen LogP contribution in [0.3, 0.4) is 0 Å². The van der Waals surface area contributed by atoms with Gasteiger partial charge in [0.15, 0.2) is 6.10 Å². The lowest BCUT2D eigenvalue weighted by Gasteiger charge is -2.17. The molecule has 0 radical (unpaired) electrons. The van der Waals surface area contributed by atoms with Crippen molar-refractivity contribution < 1.29 is 50.6 Å². The molecule has 0 spiro atoms. The third-order valence-corrected chi connectivity index (χ3v) is 6.81. The number of thiazole rings is 1. The molecular weight excluding hydrogens is 586 g/mol. The SMILES string of the molecule is CCC1(C(=O)O)OC1C(=O)N[C@@H](Cc1cscn1)C(=O)NCc1cn(-c2cc(C(F)(F)F)cc(C(F)(F)F)c2)nn1. The molecule has 2 amide bonds. The predicted molar refractivity (Wildman–Crippen MR) is 126 cm³/mol. The van der Waals surface area contributed by atoms with Gasteiger partial charge in [0.25, 0.3) is 5.91 Å². The number of amides is 2. The van der Waals surface area contributed by atoms with Gasteiger partial charge in [0.1, 0.15) is 11.7 Å². The van der Waals surface area contributed by atoms with E-state index in [1.165, 1.54) is 23.8 Å². The van der Waals surface area contributed by atoms with Crippen LogP contribution in [-0.2, 0) is 44.4 Å². The van der Waals surface area contributed by atoms with Crippen molar-refractivity contribution in [2.75, 3.05) is 0 Å². The van der Waals surface area contributed by atoms with E-state index in [1.54, 1.807) is 5.38 Å². The average molecular weight is 607 g/mol. The number of nitrogens with one attached hydrogen (secondary N) is 2. The number of aromatic nitrogens is 4. The summed E-state index contributed by atoms with van der Waals surface area (Å²) in [5, 5.41) is 23.1. The first-order valence-electron chi connectivity index (χ1n) is 11.7. The van der Waals surface area contributed by atoms with Crippen LogP contribution in [0.5, 0.6) is 0 Å². The van der Waals surface area contributed by atoms with E-state index in [0.717, 1.165) is 6.20 Å². The van der Waals surface area contributed by atoms with Gasteiger partial charge in [0, 0.05) is 11.8 Å². The third kappa shape index (κ3) is 6.64. The summed E-state index contributed by atoms with van der Waals surface area (Å²) in [5.41, 5.74) is -3.41. The van der Waals surface area contributed by atoms with Crippen molar-refractivity contribution in [3.05, 3.63) is 57.8 Å².